The molecule has 0 aliphatic carbocycles. The summed E-state index contributed by atoms with van der Waals surface area (Å²) in [6.07, 6.45) is 3.48. The Morgan fingerprint density at radius 2 is 1.89 bits per heavy atom. The Balaban J connectivity index is 1.17. The predicted octanol–water partition coefficient (Wildman–Crippen LogP) is 4.34. The third-order valence-corrected chi connectivity index (χ3v) is 6.97. The number of piperidine rings is 1. The Morgan fingerprint density at radius 1 is 1.09 bits per heavy atom. The molecule has 8 heteroatoms. The summed E-state index contributed by atoms with van der Waals surface area (Å²) in [5.74, 6) is 2.84. The van der Waals surface area contributed by atoms with E-state index in [1.54, 1.807) is 7.11 Å². The molecule has 8 nitrogen and oxygen atoms in total. The minimum Gasteiger partial charge on any atom is -0.493 e. The first-order valence-corrected chi connectivity index (χ1v) is 12.4. The number of hydrogen-bond acceptors (Lipinski definition) is 7. The average Bonchev–Trinajstić information content (AvgIpc) is 3.60. The molecule has 2 aromatic carbocycles. The zero-order valence-corrected chi connectivity index (χ0v) is 20.3. The summed E-state index contributed by atoms with van der Waals surface area (Å²) < 4.78 is 16.6. The molecule has 2 aliphatic rings. The second-order valence-electron chi connectivity index (χ2n) is 9.11. The summed E-state index contributed by atoms with van der Waals surface area (Å²) in [5, 5.41) is 7.73. The number of rotatable bonds is 7. The maximum Gasteiger partial charge on any atom is 0.239 e. The van der Waals surface area contributed by atoms with Crippen molar-refractivity contribution >= 4 is 5.91 Å². The third-order valence-electron chi connectivity index (χ3n) is 6.97. The van der Waals surface area contributed by atoms with Crippen LogP contribution in [-0.2, 0) is 4.79 Å². The summed E-state index contributed by atoms with van der Waals surface area (Å²) in [5.41, 5.74) is 2.06. The van der Waals surface area contributed by atoms with Crippen molar-refractivity contribution in [2.24, 2.45) is 0 Å². The lowest BCUT2D eigenvalue weighted by molar-refractivity contribution is -0.134. The number of nitrogens with zero attached hydrogens (tertiary/aromatic N) is 3. The van der Waals surface area contributed by atoms with Crippen molar-refractivity contribution in [2.45, 2.75) is 50.6 Å². The number of hydrogen-bond donors (Lipinski definition) is 1. The van der Waals surface area contributed by atoms with Crippen LogP contribution in [0.15, 0.2) is 53.1 Å². The van der Waals surface area contributed by atoms with Crippen LogP contribution in [0.25, 0.3) is 11.4 Å². The van der Waals surface area contributed by atoms with E-state index in [9.17, 15) is 4.79 Å². The van der Waals surface area contributed by atoms with E-state index < -0.39 is 0 Å². The fourth-order valence-corrected chi connectivity index (χ4v) is 5.05. The van der Waals surface area contributed by atoms with Gasteiger partial charge in [0.1, 0.15) is 0 Å². The largest absolute Gasteiger partial charge is 0.493 e. The van der Waals surface area contributed by atoms with Gasteiger partial charge in [0, 0.05) is 30.6 Å². The summed E-state index contributed by atoms with van der Waals surface area (Å²) >= 11 is 0. The van der Waals surface area contributed by atoms with Crippen molar-refractivity contribution in [1.29, 1.82) is 0 Å². The van der Waals surface area contributed by atoms with Crippen LogP contribution >= 0.6 is 0 Å². The number of carbonyl (C=O) groups is 1. The fourth-order valence-electron chi connectivity index (χ4n) is 5.05. The molecule has 1 aromatic heterocycles. The van der Waals surface area contributed by atoms with E-state index >= 15 is 0 Å². The molecule has 2 saturated heterocycles. The molecular formula is C27H32N4O4. The highest BCUT2D eigenvalue weighted by molar-refractivity contribution is 5.82. The maximum absolute atomic E-state index is 13.1. The summed E-state index contributed by atoms with van der Waals surface area (Å²) in [6.45, 7) is 3.90. The van der Waals surface area contributed by atoms with Crippen LogP contribution in [0.3, 0.4) is 0 Å². The average molecular weight is 477 g/mol. The molecule has 3 heterocycles. The molecule has 184 valence electrons. The molecule has 0 saturated carbocycles. The molecule has 2 aliphatic heterocycles. The van der Waals surface area contributed by atoms with Gasteiger partial charge in [0.25, 0.3) is 0 Å². The number of likely N-dealkylation sites (tertiary alicyclic amines) is 1. The van der Waals surface area contributed by atoms with Crippen molar-refractivity contribution in [3.8, 4) is 22.9 Å². The van der Waals surface area contributed by atoms with E-state index in [1.807, 2.05) is 48.2 Å². The molecular weight excluding hydrogens is 444 g/mol. The number of amides is 1. The highest BCUT2D eigenvalue weighted by Gasteiger charge is 2.35. The second kappa shape index (κ2) is 10.5. The normalized spacial score (nSPS) is 20.7. The number of benzene rings is 2. The number of carbonyl (C=O) groups excluding carboxylic acids is 1. The fraction of sp³-hybridized carbons (Fsp3) is 0.444. The molecule has 0 radical (unpaired) electrons. The van der Waals surface area contributed by atoms with Crippen LogP contribution in [0, 0.1) is 0 Å². The molecule has 2 fully saturated rings. The number of ether oxygens (including phenoxy) is 2. The molecule has 1 N–H and O–H groups in total. The van der Waals surface area contributed by atoms with E-state index in [1.165, 1.54) is 5.56 Å². The van der Waals surface area contributed by atoms with E-state index in [4.69, 9.17) is 14.0 Å². The van der Waals surface area contributed by atoms with Crippen LogP contribution < -0.4 is 14.8 Å². The first-order valence-electron chi connectivity index (χ1n) is 12.4. The van der Waals surface area contributed by atoms with Gasteiger partial charge in [0.05, 0.1) is 19.8 Å². The summed E-state index contributed by atoms with van der Waals surface area (Å²) in [7, 11) is 1.61. The van der Waals surface area contributed by atoms with Gasteiger partial charge in [0.15, 0.2) is 11.5 Å². The molecule has 0 spiro atoms. The molecule has 0 bridgehead atoms. The van der Waals surface area contributed by atoms with Gasteiger partial charge in [-0.3, -0.25) is 10.1 Å². The van der Waals surface area contributed by atoms with Crippen molar-refractivity contribution < 1.29 is 18.8 Å². The standard InChI is InChI=1S/C27H32N4O4/c1-3-34-23-12-9-20(17-24(23)33-2)25-29-26(35-30-25)19-13-15-31(16-14-19)27(32)22-11-10-21(28-22)18-7-5-4-6-8-18/h4-9,12,17,19,21-22,28H,3,10-11,13-16H2,1-2H3. The molecule has 35 heavy (non-hydrogen) atoms. The molecule has 2 atom stereocenters. The number of nitrogens with one attached hydrogen (secondary N) is 1. The van der Waals surface area contributed by atoms with Gasteiger partial charge in [0.2, 0.25) is 17.6 Å². The third kappa shape index (κ3) is 5.03. The quantitative estimate of drug-likeness (QED) is 0.542. The van der Waals surface area contributed by atoms with Crippen LogP contribution in [0.4, 0.5) is 0 Å². The second-order valence-corrected chi connectivity index (χ2v) is 9.11. The van der Waals surface area contributed by atoms with Crippen LogP contribution in [-0.4, -0.2) is 53.8 Å². The summed E-state index contributed by atoms with van der Waals surface area (Å²) in [4.78, 5) is 19.8. The van der Waals surface area contributed by atoms with E-state index in [2.05, 4.69) is 27.6 Å². The Bertz CT molecular complexity index is 1140. The van der Waals surface area contributed by atoms with Crippen molar-refractivity contribution in [3.05, 3.63) is 60.0 Å². The Morgan fingerprint density at radius 3 is 2.63 bits per heavy atom. The predicted molar refractivity (Wildman–Crippen MR) is 131 cm³/mol. The van der Waals surface area contributed by atoms with Gasteiger partial charge in [-0.2, -0.15) is 4.98 Å². The van der Waals surface area contributed by atoms with Crippen LogP contribution in [0.5, 0.6) is 11.5 Å². The SMILES string of the molecule is CCOc1ccc(-c2noc(C3CCN(C(=O)C4CCC(c5ccccc5)N4)CC3)n2)cc1OC. The zero-order chi connectivity index (χ0) is 24.2. The minimum atomic E-state index is -0.110. The van der Waals surface area contributed by atoms with Gasteiger partial charge >= 0.3 is 0 Å². The molecule has 3 aromatic rings. The topological polar surface area (TPSA) is 89.7 Å². The lowest BCUT2D eigenvalue weighted by atomic mass is 9.96. The maximum atomic E-state index is 13.1. The van der Waals surface area contributed by atoms with Gasteiger partial charge in [-0.25, -0.2) is 0 Å². The Kier molecular flexibility index (Phi) is 6.99. The lowest BCUT2D eigenvalue weighted by Gasteiger charge is -2.32. The van der Waals surface area contributed by atoms with E-state index in [0.717, 1.165) is 31.2 Å². The van der Waals surface area contributed by atoms with Gasteiger partial charge in [-0.1, -0.05) is 35.5 Å². The first-order chi connectivity index (χ1) is 17.2. The summed E-state index contributed by atoms with van der Waals surface area (Å²) in [6, 6.07) is 16.1. The first kappa shape index (κ1) is 23.4. The minimum absolute atomic E-state index is 0.110. The molecule has 2 unspecified atom stereocenters. The monoisotopic (exact) mass is 476 g/mol. The highest BCUT2D eigenvalue weighted by atomic mass is 16.5. The highest BCUT2D eigenvalue weighted by Crippen LogP contribution is 2.34. The lowest BCUT2D eigenvalue weighted by Crippen LogP contribution is -2.47. The van der Waals surface area contributed by atoms with Crippen molar-refractivity contribution in [3.63, 3.8) is 0 Å². The van der Waals surface area contributed by atoms with Crippen molar-refractivity contribution in [1.82, 2.24) is 20.4 Å². The van der Waals surface area contributed by atoms with Gasteiger partial charge in [-0.15, -0.1) is 0 Å². The number of aromatic nitrogens is 2. The number of methoxy groups -OCH3 is 1. The van der Waals surface area contributed by atoms with E-state index in [0.29, 0.717) is 42.9 Å². The van der Waals surface area contributed by atoms with E-state index in [-0.39, 0.29) is 23.9 Å². The van der Waals surface area contributed by atoms with Gasteiger partial charge < -0.3 is 18.9 Å². The van der Waals surface area contributed by atoms with Gasteiger partial charge in [-0.05, 0) is 56.4 Å². The molecule has 1 amide bonds. The van der Waals surface area contributed by atoms with Crippen molar-refractivity contribution in [2.75, 3.05) is 26.8 Å². The Labute approximate surface area is 205 Å². The smallest absolute Gasteiger partial charge is 0.239 e. The Hall–Kier alpha value is -3.39. The zero-order valence-electron chi connectivity index (χ0n) is 20.3. The molecule has 5 rings (SSSR count). The van der Waals surface area contributed by atoms with Crippen LogP contribution in [0.1, 0.15) is 56.0 Å². The van der Waals surface area contributed by atoms with Crippen LogP contribution in [0.2, 0.25) is 0 Å².